The van der Waals surface area contributed by atoms with Crippen molar-refractivity contribution < 1.29 is 13.6 Å². The number of rotatable bonds is 2. The normalized spacial score (nSPS) is 13.2. The Balaban J connectivity index is 1.91. The molecule has 5 heteroatoms. The van der Waals surface area contributed by atoms with Gasteiger partial charge in [-0.15, -0.1) is 0 Å². The number of amides is 1. The molecule has 0 saturated heterocycles. The summed E-state index contributed by atoms with van der Waals surface area (Å²) in [4.78, 5) is 12.3. The molecule has 2 aromatic carbocycles. The minimum Gasteiger partial charge on any atom is -0.385 e. The van der Waals surface area contributed by atoms with Gasteiger partial charge in [-0.25, -0.2) is 8.78 Å². The first kappa shape index (κ1) is 13.5. The van der Waals surface area contributed by atoms with Gasteiger partial charge in [0, 0.05) is 23.9 Å². The Morgan fingerprint density at radius 3 is 2.90 bits per heavy atom. The van der Waals surface area contributed by atoms with Crippen molar-refractivity contribution in [2.45, 2.75) is 12.8 Å². The molecule has 2 N–H and O–H groups in total. The van der Waals surface area contributed by atoms with Crippen LogP contribution in [0.2, 0.25) is 0 Å². The van der Waals surface area contributed by atoms with Gasteiger partial charge >= 0.3 is 0 Å². The van der Waals surface area contributed by atoms with Crippen molar-refractivity contribution in [3.8, 4) is 0 Å². The monoisotopic (exact) mass is 288 g/mol. The van der Waals surface area contributed by atoms with E-state index >= 15 is 0 Å². The second kappa shape index (κ2) is 5.52. The van der Waals surface area contributed by atoms with Crippen LogP contribution in [0.4, 0.5) is 20.2 Å². The van der Waals surface area contributed by atoms with Crippen LogP contribution in [0, 0.1) is 11.6 Å². The maximum atomic E-state index is 13.6. The minimum atomic E-state index is -0.660. The van der Waals surface area contributed by atoms with Crippen molar-refractivity contribution in [1.29, 1.82) is 0 Å². The molecular formula is C16H14F2N2O. The molecule has 1 heterocycles. The van der Waals surface area contributed by atoms with E-state index in [4.69, 9.17) is 0 Å². The number of nitrogens with one attached hydrogen (secondary N) is 2. The van der Waals surface area contributed by atoms with E-state index in [2.05, 4.69) is 10.6 Å². The molecule has 2 aromatic rings. The van der Waals surface area contributed by atoms with Crippen molar-refractivity contribution >= 4 is 17.3 Å². The van der Waals surface area contributed by atoms with E-state index in [0.717, 1.165) is 48.8 Å². The molecule has 1 aliphatic rings. The third kappa shape index (κ3) is 2.72. The molecule has 3 nitrogen and oxygen atoms in total. The first-order chi connectivity index (χ1) is 10.1. The average Bonchev–Trinajstić information content (AvgIpc) is 2.50. The molecular weight excluding hydrogens is 274 g/mol. The maximum absolute atomic E-state index is 13.6. The lowest BCUT2D eigenvalue weighted by atomic mass is 9.97. The zero-order valence-corrected chi connectivity index (χ0v) is 11.2. The maximum Gasteiger partial charge on any atom is 0.256 e. The minimum absolute atomic E-state index is 0.152. The largest absolute Gasteiger partial charge is 0.385 e. The molecule has 3 rings (SSSR count). The lowest BCUT2D eigenvalue weighted by Gasteiger charge is -2.20. The van der Waals surface area contributed by atoms with Crippen LogP contribution in [0.1, 0.15) is 22.3 Å². The predicted molar refractivity (Wildman–Crippen MR) is 77.6 cm³/mol. The average molecular weight is 288 g/mol. The first-order valence-corrected chi connectivity index (χ1v) is 6.77. The Morgan fingerprint density at radius 2 is 2.05 bits per heavy atom. The van der Waals surface area contributed by atoms with E-state index in [9.17, 15) is 13.6 Å². The molecule has 0 fully saturated rings. The van der Waals surface area contributed by atoms with Crippen LogP contribution >= 0.6 is 0 Å². The fourth-order valence-corrected chi connectivity index (χ4v) is 2.51. The van der Waals surface area contributed by atoms with Gasteiger partial charge in [-0.05, 0) is 42.7 Å². The lowest BCUT2D eigenvalue weighted by Crippen LogP contribution is -2.19. The van der Waals surface area contributed by atoms with Crippen LogP contribution in [0.15, 0.2) is 36.4 Å². The Kier molecular flexibility index (Phi) is 3.56. The molecule has 0 atom stereocenters. The Hall–Kier alpha value is -2.43. The summed E-state index contributed by atoms with van der Waals surface area (Å²) in [5.74, 6) is -1.68. The molecule has 0 aliphatic carbocycles. The quantitative estimate of drug-likeness (QED) is 0.887. The van der Waals surface area contributed by atoms with E-state index in [-0.39, 0.29) is 5.69 Å². The van der Waals surface area contributed by atoms with Gasteiger partial charge in [-0.1, -0.05) is 6.07 Å². The van der Waals surface area contributed by atoms with Crippen LogP contribution < -0.4 is 10.6 Å². The third-order valence-corrected chi connectivity index (χ3v) is 3.52. The van der Waals surface area contributed by atoms with E-state index in [1.54, 1.807) is 12.1 Å². The fraction of sp³-hybridized carbons (Fsp3) is 0.188. The molecule has 0 aromatic heterocycles. The van der Waals surface area contributed by atoms with Crippen molar-refractivity contribution in [1.82, 2.24) is 0 Å². The summed E-state index contributed by atoms with van der Waals surface area (Å²) >= 11 is 0. The van der Waals surface area contributed by atoms with Crippen LogP contribution in [-0.4, -0.2) is 12.5 Å². The molecule has 0 spiro atoms. The molecule has 0 unspecified atom stereocenters. The number of hydrogen-bond acceptors (Lipinski definition) is 2. The summed E-state index contributed by atoms with van der Waals surface area (Å²) in [5.41, 5.74) is 2.18. The molecule has 0 radical (unpaired) electrons. The third-order valence-electron chi connectivity index (χ3n) is 3.52. The van der Waals surface area contributed by atoms with E-state index < -0.39 is 17.5 Å². The first-order valence-electron chi connectivity index (χ1n) is 6.77. The van der Waals surface area contributed by atoms with Gasteiger partial charge in [0.05, 0.1) is 5.69 Å². The summed E-state index contributed by atoms with van der Waals surface area (Å²) in [6, 6.07) is 8.35. The van der Waals surface area contributed by atoms with E-state index in [1.165, 1.54) is 0 Å². The molecule has 0 bridgehead atoms. The van der Waals surface area contributed by atoms with Crippen molar-refractivity contribution in [3.05, 3.63) is 59.2 Å². The smallest absolute Gasteiger partial charge is 0.256 e. The van der Waals surface area contributed by atoms with Crippen LogP contribution in [0.5, 0.6) is 0 Å². The van der Waals surface area contributed by atoms with Gasteiger partial charge in [-0.3, -0.25) is 4.79 Å². The summed E-state index contributed by atoms with van der Waals surface area (Å²) in [7, 11) is 0. The molecule has 21 heavy (non-hydrogen) atoms. The van der Waals surface area contributed by atoms with Crippen LogP contribution in [0.3, 0.4) is 0 Å². The highest BCUT2D eigenvalue weighted by Crippen LogP contribution is 2.26. The molecule has 1 aliphatic heterocycles. The Labute approximate surface area is 121 Å². The number of carbonyl (C=O) groups is 1. The highest BCUT2D eigenvalue weighted by molar-refractivity contribution is 6.06. The second-order valence-electron chi connectivity index (χ2n) is 4.94. The van der Waals surface area contributed by atoms with Gasteiger partial charge in [0.15, 0.2) is 0 Å². The van der Waals surface area contributed by atoms with Crippen LogP contribution in [-0.2, 0) is 6.42 Å². The zero-order valence-electron chi connectivity index (χ0n) is 11.2. The van der Waals surface area contributed by atoms with Gasteiger partial charge < -0.3 is 10.6 Å². The number of hydrogen-bond donors (Lipinski definition) is 2. The fourth-order valence-electron chi connectivity index (χ4n) is 2.51. The Bertz CT molecular complexity index is 701. The van der Waals surface area contributed by atoms with Gasteiger partial charge in [-0.2, -0.15) is 0 Å². The summed E-state index contributed by atoms with van der Waals surface area (Å²) in [6.45, 7) is 0.872. The van der Waals surface area contributed by atoms with Gasteiger partial charge in [0.2, 0.25) is 0 Å². The number of carbonyl (C=O) groups excluding carboxylic acids is 1. The highest BCUT2D eigenvalue weighted by atomic mass is 19.1. The van der Waals surface area contributed by atoms with E-state index in [1.807, 2.05) is 6.07 Å². The standard InChI is InChI=1S/C16H14F2N2O/c17-10-6-7-13(18)15(9-10)20-16(21)12-3-1-5-14-11(12)4-2-8-19-14/h1,3,5-7,9,19H,2,4,8H2,(H,20,21). The zero-order chi connectivity index (χ0) is 14.8. The number of fused-ring (bicyclic) bond motifs is 1. The SMILES string of the molecule is O=C(Nc1cc(F)ccc1F)c1cccc2c1CCCN2. The Morgan fingerprint density at radius 1 is 1.19 bits per heavy atom. The number of benzene rings is 2. The van der Waals surface area contributed by atoms with Crippen LogP contribution in [0.25, 0.3) is 0 Å². The molecule has 108 valence electrons. The van der Waals surface area contributed by atoms with E-state index in [0.29, 0.717) is 5.56 Å². The van der Waals surface area contributed by atoms with Gasteiger partial charge in [0.1, 0.15) is 11.6 Å². The number of halogens is 2. The number of anilines is 2. The molecule has 0 saturated carbocycles. The van der Waals surface area contributed by atoms with Crippen molar-refractivity contribution in [3.63, 3.8) is 0 Å². The lowest BCUT2D eigenvalue weighted by molar-refractivity contribution is 0.102. The summed E-state index contributed by atoms with van der Waals surface area (Å²) in [6.07, 6.45) is 1.73. The highest BCUT2D eigenvalue weighted by Gasteiger charge is 2.18. The predicted octanol–water partition coefficient (Wildman–Crippen LogP) is 3.58. The van der Waals surface area contributed by atoms with Crippen molar-refractivity contribution in [2.24, 2.45) is 0 Å². The van der Waals surface area contributed by atoms with Crippen molar-refractivity contribution in [2.75, 3.05) is 17.2 Å². The molecule has 1 amide bonds. The topological polar surface area (TPSA) is 41.1 Å². The summed E-state index contributed by atoms with van der Waals surface area (Å²) < 4.78 is 26.7. The summed E-state index contributed by atoms with van der Waals surface area (Å²) in [5, 5.41) is 5.66. The second-order valence-corrected chi connectivity index (χ2v) is 4.94. The van der Waals surface area contributed by atoms with Gasteiger partial charge in [0.25, 0.3) is 5.91 Å².